The van der Waals surface area contributed by atoms with E-state index in [0.717, 1.165) is 16.4 Å². The predicted octanol–water partition coefficient (Wildman–Crippen LogP) is 4.04. The van der Waals surface area contributed by atoms with Gasteiger partial charge in [-0.3, -0.25) is 4.79 Å². The van der Waals surface area contributed by atoms with Crippen LogP contribution >= 0.6 is 34.3 Å². The van der Waals surface area contributed by atoms with Gasteiger partial charge in [-0.1, -0.05) is 35.9 Å². The number of carbonyl (C=O) groups is 1. The molecule has 0 bridgehead atoms. The average Bonchev–Trinajstić information content (AvgIpc) is 3.10. The second-order valence-corrected chi connectivity index (χ2v) is 7.06. The molecule has 0 fully saturated rings. The van der Waals surface area contributed by atoms with Crippen LogP contribution in [0, 0.1) is 5.82 Å². The molecule has 2 aromatic heterocycles. The molecule has 2 heterocycles. The van der Waals surface area contributed by atoms with E-state index in [9.17, 15) is 9.18 Å². The number of carbonyl (C=O) groups excluding carboxylic acids is 1. The van der Waals surface area contributed by atoms with Gasteiger partial charge in [0, 0.05) is 10.1 Å². The summed E-state index contributed by atoms with van der Waals surface area (Å²) in [5.41, 5.74) is 0. The maximum Gasteiger partial charge on any atom is 0.263 e. The van der Waals surface area contributed by atoms with Gasteiger partial charge >= 0.3 is 0 Å². The lowest BCUT2D eigenvalue weighted by Crippen LogP contribution is -2.22. The fourth-order valence-corrected chi connectivity index (χ4v) is 4.15. The van der Waals surface area contributed by atoms with Crippen LogP contribution in [0.25, 0.3) is 10.1 Å². The molecule has 3 aromatic rings. The van der Waals surface area contributed by atoms with Gasteiger partial charge in [-0.2, -0.15) is 0 Å². The van der Waals surface area contributed by atoms with E-state index < -0.39 is 5.82 Å². The first-order valence-electron chi connectivity index (χ1n) is 6.56. The van der Waals surface area contributed by atoms with Gasteiger partial charge in [-0.25, -0.2) is 4.39 Å². The van der Waals surface area contributed by atoms with E-state index in [0.29, 0.717) is 15.0 Å². The molecule has 114 valence electrons. The van der Waals surface area contributed by atoms with E-state index in [4.69, 9.17) is 11.6 Å². The van der Waals surface area contributed by atoms with Crippen molar-refractivity contribution in [2.45, 2.75) is 19.9 Å². The van der Waals surface area contributed by atoms with Crippen molar-refractivity contribution in [3.05, 3.63) is 43.9 Å². The number of hydrogen-bond acceptors (Lipinski definition) is 5. The minimum atomic E-state index is -0.422. The van der Waals surface area contributed by atoms with E-state index in [1.54, 1.807) is 12.1 Å². The minimum Gasteiger partial charge on any atom is -0.345 e. The third kappa shape index (κ3) is 2.84. The highest BCUT2D eigenvalue weighted by Gasteiger charge is 2.19. The SMILES string of the molecule is CCc1nnc(CNC(=O)c2sc3cccc(F)c3c2Cl)s1. The molecule has 0 aliphatic heterocycles. The van der Waals surface area contributed by atoms with E-state index in [1.807, 2.05) is 6.92 Å². The Morgan fingerprint density at radius 1 is 1.32 bits per heavy atom. The van der Waals surface area contributed by atoms with E-state index >= 15 is 0 Å². The molecule has 0 aliphatic carbocycles. The number of aromatic nitrogens is 2. The summed E-state index contributed by atoms with van der Waals surface area (Å²) in [6.07, 6.45) is 0.813. The lowest BCUT2D eigenvalue weighted by Gasteiger charge is -2.00. The van der Waals surface area contributed by atoms with Crippen molar-refractivity contribution in [1.82, 2.24) is 15.5 Å². The van der Waals surface area contributed by atoms with Crippen LogP contribution in [0.1, 0.15) is 26.6 Å². The third-order valence-electron chi connectivity index (χ3n) is 3.02. The zero-order chi connectivity index (χ0) is 15.7. The van der Waals surface area contributed by atoms with Crippen molar-refractivity contribution in [3.63, 3.8) is 0 Å². The first-order chi connectivity index (χ1) is 10.6. The molecule has 3 rings (SSSR count). The molecular weight excluding hydrogens is 345 g/mol. The van der Waals surface area contributed by atoms with Crippen molar-refractivity contribution < 1.29 is 9.18 Å². The Morgan fingerprint density at radius 2 is 2.09 bits per heavy atom. The van der Waals surface area contributed by atoms with Crippen molar-refractivity contribution in [2.75, 3.05) is 0 Å². The number of benzene rings is 1. The van der Waals surface area contributed by atoms with Gasteiger partial charge in [0.25, 0.3) is 5.91 Å². The van der Waals surface area contributed by atoms with Crippen LogP contribution in [0.3, 0.4) is 0 Å². The van der Waals surface area contributed by atoms with Gasteiger partial charge in [-0.15, -0.1) is 21.5 Å². The summed E-state index contributed by atoms with van der Waals surface area (Å²) in [6.45, 7) is 2.28. The summed E-state index contributed by atoms with van der Waals surface area (Å²) in [7, 11) is 0. The Morgan fingerprint density at radius 3 is 2.77 bits per heavy atom. The second kappa shape index (κ2) is 6.28. The van der Waals surface area contributed by atoms with Gasteiger partial charge in [0.05, 0.1) is 11.6 Å². The summed E-state index contributed by atoms with van der Waals surface area (Å²) in [5.74, 6) is -0.756. The first kappa shape index (κ1) is 15.3. The number of hydrogen-bond donors (Lipinski definition) is 1. The number of rotatable bonds is 4. The Labute approximate surface area is 138 Å². The molecule has 0 unspecified atom stereocenters. The van der Waals surface area contributed by atoms with E-state index in [2.05, 4.69) is 15.5 Å². The monoisotopic (exact) mass is 355 g/mol. The van der Waals surface area contributed by atoms with Crippen LogP contribution in [0.15, 0.2) is 18.2 Å². The number of fused-ring (bicyclic) bond motifs is 1. The van der Waals surface area contributed by atoms with Gasteiger partial charge in [-0.05, 0) is 18.6 Å². The molecule has 0 saturated carbocycles. The maximum absolute atomic E-state index is 13.8. The summed E-state index contributed by atoms with van der Waals surface area (Å²) >= 11 is 8.78. The topological polar surface area (TPSA) is 54.9 Å². The Balaban J connectivity index is 1.80. The fraction of sp³-hybridized carbons (Fsp3) is 0.214. The maximum atomic E-state index is 13.8. The lowest BCUT2D eigenvalue weighted by molar-refractivity contribution is 0.0955. The highest BCUT2D eigenvalue weighted by atomic mass is 35.5. The van der Waals surface area contributed by atoms with Crippen molar-refractivity contribution in [2.24, 2.45) is 0 Å². The van der Waals surface area contributed by atoms with E-state index in [1.165, 1.54) is 28.7 Å². The number of nitrogens with zero attached hydrogens (tertiary/aromatic N) is 2. The van der Waals surface area contributed by atoms with Crippen LogP contribution in [0.2, 0.25) is 5.02 Å². The largest absolute Gasteiger partial charge is 0.345 e. The molecule has 0 atom stereocenters. The molecule has 0 saturated heterocycles. The Hall–Kier alpha value is -1.57. The normalized spacial score (nSPS) is 11.0. The van der Waals surface area contributed by atoms with Crippen molar-refractivity contribution >= 4 is 50.3 Å². The van der Waals surface area contributed by atoms with Crippen molar-refractivity contribution in [1.29, 1.82) is 0 Å². The summed E-state index contributed by atoms with van der Waals surface area (Å²) in [6, 6.07) is 4.67. The van der Waals surface area contributed by atoms with Crippen LogP contribution in [-0.4, -0.2) is 16.1 Å². The number of thiophene rings is 1. The molecule has 1 N–H and O–H groups in total. The first-order valence-corrected chi connectivity index (χ1v) is 8.57. The number of amides is 1. The quantitative estimate of drug-likeness (QED) is 0.768. The summed E-state index contributed by atoms with van der Waals surface area (Å²) in [5, 5.41) is 12.8. The zero-order valence-corrected chi connectivity index (χ0v) is 13.9. The summed E-state index contributed by atoms with van der Waals surface area (Å²) < 4.78 is 14.4. The summed E-state index contributed by atoms with van der Waals surface area (Å²) in [4.78, 5) is 12.6. The molecule has 0 radical (unpaired) electrons. The lowest BCUT2D eigenvalue weighted by atomic mass is 10.2. The van der Waals surface area contributed by atoms with E-state index in [-0.39, 0.29) is 17.5 Å². The molecule has 0 spiro atoms. The Kier molecular flexibility index (Phi) is 4.37. The molecule has 1 amide bonds. The molecule has 4 nitrogen and oxygen atoms in total. The van der Waals surface area contributed by atoms with Crippen LogP contribution in [-0.2, 0) is 13.0 Å². The molecule has 0 aliphatic rings. The molecule has 22 heavy (non-hydrogen) atoms. The molecular formula is C14H11ClFN3OS2. The molecule has 8 heteroatoms. The number of halogens is 2. The van der Waals surface area contributed by atoms with Gasteiger partial charge < -0.3 is 5.32 Å². The van der Waals surface area contributed by atoms with Gasteiger partial charge in [0.2, 0.25) is 0 Å². The smallest absolute Gasteiger partial charge is 0.263 e. The van der Waals surface area contributed by atoms with Crippen molar-refractivity contribution in [3.8, 4) is 0 Å². The highest BCUT2D eigenvalue weighted by Crippen LogP contribution is 2.36. The van der Waals surface area contributed by atoms with Crippen LogP contribution in [0.4, 0.5) is 4.39 Å². The second-order valence-electron chi connectivity index (χ2n) is 4.48. The zero-order valence-electron chi connectivity index (χ0n) is 11.5. The highest BCUT2D eigenvalue weighted by molar-refractivity contribution is 7.21. The van der Waals surface area contributed by atoms with Gasteiger partial charge in [0.1, 0.15) is 20.7 Å². The van der Waals surface area contributed by atoms with Crippen LogP contribution < -0.4 is 5.32 Å². The third-order valence-corrected chi connectivity index (χ3v) is 5.74. The van der Waals surface area contributed by atoms with Crippen LogP contribution in [0.5, 0.6) is 0 Å². The standard InChI is InChI=1S/C14H11ClFN3OS2/c1-2-9-18-19-10(22-9)6-17-14(20)13-12(15)11-7(16)4-3-5-8(11)21-13/h3-5H,2,6H2,1H3,(H,17,20). The Bertz CT molecular complexity index is 846. The average molecular weight is 356 g/mol. The number of aryl methyl sites for hydroxylation is 1. The van der Waals surface area contributed by atoms with Gasteiger partial charge in [0.15, 0.2) is 0 Å². The molecule has 1 aromatic carbocycles. The number of nitrogens with one attached hydrogen (secondary N) is 1. The minimum absolute atomic E-state index is 0.155. The fourth-order valence-electron chi connectivity index (χ4n) is 1.96. The predicted molar refractivity (Wildman–Crippen MR) is 87.3 cm³/mol.